The molecule has 0 aliphatic rings. The summed E-state index contributed by atoms with van der Waals surface area (Å²) in [5, 5.41) is 2.65. The van der Waals surface area contributed by atoms with E-state index < -0.39 is 12.0 Å². The lowest BCUT2D eigenvalue weighted by atomic mass is 10.2. The van der Waals surface area contributed by atoms with Gasteiger partial charge < -0.3 is 10.1 Å². The predicted octanol–water partition coefficient (Wildman–Crippen LogP) is 1.12. The Labute approximate surface area is 96.7 Å². The monoisotopic (exact) mass is 243 g/mol. The summed E-state index contributed by atoms with van der Waals surface area (Å²) in [6, 6.07) is 3.71. The molecule has 0 unspecified atom stereocenters. The van der Waals surface area contributed by atoms with Crippen LogP contribution in [-0.2, 0) is 4.74 Å². The van der Waals surface area contributed by atoms with Crippen molar-refractivity contribution in [1.82, 2.24) is 5.43 Å². The lowest BCUT2D eigenvalue weighted by molar-refractivity contribution is 0.0601. The fraction of sp³-hybridized carbons (Fsp3) is 0.111. The highest BCUT2D eigenvalue weighted by molar-refractivity contribution is 6.33. The van der Waals surface area contributed by atoms with Gasteiger partial charge in [0.2, 0.25) is 0 Å². The van der Waals surface area contributed by atoms with Crippen LogP contribution in [0.25, 0.3) is 0 Å². The molecule has 0 spiro atoms. The fourth-order valence-corrected chi connectivity index (χ4v) is 1.19. The zero-order valence-electron chi connectivity index (χ0n) is 8.41. The first-order valence-corrected chi connectivity index (χ1v) is 4.61. The maximum Gasteiger partial charge on any atom is 0.337 e. The molecule has 0 aromatic heterocycles. The third kappa shape index (κ3) is 2.85. The Morgan fingerprint density at radius 2 is 2.12 bits per heavy atom. The van der Waals surface area contributed by atoms with Crippen LogP contribution in [0.15, 0.2) is 18.2 Å². The molecule has 16 heavy (non-hydrogen) atoms. The van der Waals surface area contributed by atoms with Crippen LogP contribution in [0.4, 0.5) is 10.5 Å². The molecule has 4 N–H and O–H groups in total. The van der Waals surface area contributed by atoms with Crippen LogP contribution in [0.1, 0.15) is 10.4 Å². The number of urea groups is 1. The van der Waals surface area contributed by atoms with E-state index in [1.54, 1.807) is 0 Å². The van der Waals surface area contributed by atoms with Gasteiger partial charge in [-0.15, -0.1) is 0 Å². The molecule has 0 fully saturated rings. The van der Waals surface area contributed by atoms with Gasteiger partial charge in [0.05, 0.1) is 23.4 Å². The highest BCUT2D eigenvalue weighted by Gasteiger charge is 2.10. The van der Waals surface area contributed by atoms with Crippen molar-refractivity contribution in [3.8, 4) is 0 Å². The number of nitrogens with one attached hydrogen (secondary N) is 2. The lowest BCUT2D eigenvalue weighted by Gasteiger charge is -2.07. The van der Waals surface area contributed by atoms with Crippen molar-refractivity contribution < 1.29 is 14.3 Å². The first-order chi connectivity index (χ1) is 7.58. The van der Waals surface area contributed by atoms with E-state index in [1.807, 2.05) is 5.43 Å². The molecule has 0 aliphatic carbocycles. The molecular formula is C9H10ClN3O3. The number of carbonyl (C=O) groups is 2. The molecule has 1 rings (SSSR count). The van der Waals surface area contributed by atoms with Gasteiger partial charge in [0.25, 0.3) is 0 Å². The molecule has 6 nitrogen and oxygen atoms in total. The number of ether oxygens (including phenoxy) is 1. The molecule has 0 radical (unpaired) electrons. The Bertz CT molecular complexity index is 422. The predicted molar refractivity (Wildman–Crippen MR) is 59.1 cm³/mol. The number of halogens is 1. The molecular weight excluding hydrogens is 234 g/mol. The van der Waals surface area contributed by atoms with E-state index in [0.29, 0.717) is 0 Å². The summed E-state index contributed by atoms with van der Waals surface area (Å²) in [4.78, 5) is 22.2. The minimum atomic E-state index is -0.635. The topological polar surface area (TPSA) is 93.4 Å². The van der Waals surface area contributed by atoms with Gasteiger partial charge in [-0.05, 0) is 18.2 Å². The summed E-state index contributed by atoms with van der Waals surface area (Å²) in [5.41, 5.74) is 2.43. The van der Waals surface area contributed by atoms with E-state index in [0.717, 1.165) is 0 Å². The van der Waals surface area contributed by atoms with Crippen molar-refractivity contribution in [3.05, 3.63) is 28.8 Å². The summed E-state index contributed by atoms with van der Waals surface area (Å²) in [6.07, 6.45) is 0. The second kappa shape index (κ2) is 5.34. The Balaban J connectivity index is 2.99. The van der Waals surface area contributed by atoms with Gasteiger partial charge in [-0.1, -0.05) is 11.6 Å². The molecule has 1 aromatic carbocycles. The second-order valence-corrected chi connectivity index (χ2v) is 3.19. The van der Waals surface area contributed by atoms with E-state index in [2.05, 4.69) is 10.1 Å². The molecule has 0 heterocycles. The molecule has 86 valence electrons. The van der Waals surface area contributed by atoms with Gasteiger partial charge in [-0.25, -0.2) is 15.4 Å². The maximum absolute atomic E-state index is 11.2. The second-order valence-electron chi connectivity index (χ2n) is 2.78. The van der Waals surface area contributed by atoms with Gasteiger partial charge in [-0.3, -0.25) is 5.43 Å². The first kappa shape index (κ1) is 12.3. The number of esters is 1. The highest BCUT2D eigenvalue weighted by atomic mass is 35.5. The van der Waals surface area contributed by atoms with E-state index in [9.17, 15) is 9.59 Å². The smallest absolute Gasteiger partial charge is 0.337 e. The standard InChI is InChI=1S/C9H10ClN3O3/c1-16-8(14)5-2-3-6(10)7(4-5)12-9(15)13-11/h2-4H,11H2,1H3,(H2,12,13,15). The van der Waals surface area contributed by atoms with Crippen molar-refractivity contribution in [2.45, 2.75) is 0 Å². The number of hydrogen-bond donors (Lipinski definition) is 3. The highest BCUT2D eigenvalue weighted by Crippen LogP contribution is 2.23. The third-order valence-electron chi connectivity index (χ3n) is 1.77. The van der Waals surface area contributed by atoms with Crippen LogP contribution in [0.5, 0.6) is 0 Å². The van der Waals surface area contributed by atoms with Crippen molar-refractivity contribution in [1.29, 1.82) is 0 Å². The molecule has 0 aliphatic heterocycles. The maximum atomic E-state index is 11.2. The van der Waals surface area contributed by atoms with Crippen molar-refractivity contribution in [2.24, 2.45) is 5.84 Å². The number of anilines is 1. The van der Waals surface area contributed by atoms with Gasteiger partial charge in [0.1, 0.15) is 0 Å². The normalized spacial score (nSPS) is 9.44. The van der Waals surface area contributed by atoms with Crippen LogP contribution in [0.2, 0.25) is 5.02 Å². The molecule has 2 amide bonds. The minimum absolute atomic E-state index is 0.271. The third-order valence-corrected chi connectivity index (χ3v) is 2.10. The summed E-state index contributed by atoms with van der Waals surface area (Å²) in [6.45, 7) is 0. The number of rotatable bonds is 2. The lowest BCUT2D eigenvalue weighted by Crippen LogP contribution is -2.34. The fourth-order valence-electron chi connectivity index (χ4n) is 1.02. The largest absolute Gasteiger partial charge is 0.465 e. The van der Waals surface area contributed by atoms with Crippen molar-refractivity contribution in [3.63, 3.8) is 0 Å². The molecule has 0 saturated carbocycles. The van der Waals surface area contributed by atoms with Crippen LogP contribution in [0, 0.1) is 0 Å². The average molecular weight is 244 g/mol. The van der Waals surface area contributed by atoms with Gasteiger partial charge in [-0.2, -0.15) is 0 Å². The first-order valence-electron chi connectivity index (χ1n) is 4.24. The molecule has 0 saturated heterocycles. The number of amides is 2. The van der Waals surface area contributed by atoms with Crippen LogP contribution in [-0.4, -0.2) is 19.1 Å². The number of nitrogens with two attached hydrogens (primary N) is 1. The molecule has 0 atom stereocenters. The molecule has 1 aromatic rings. The molecule has 0 bridgehead atoms. The van der Waals surface area contributed by atoms with Crippen LogP contribution in [0.3, 0.4) is 0 Å². The zero-order valence-corrected chi connectivity index (χ0v) is 9.17. The SMILES string of the molecule is COC(=O)c1ccc(Cl)c(NC(=O)NN)c1. The number of methoxy groups -OCH3 is 1. The van der Waals surface area contributed by atoms with Gasteiger partial charge >= 0.3 is 12.0 Å². The number of hydrazine groups is 1. The van der Waals surface area contributed by atoms with E-state index in [-0.39, 0.29) is 16.3 Å². The van der Waals surface area contributed by atoms with E-state index in [4.69, 9.17) is 17.4 Å². The summed E-state index contributed by atoms with van der Waals surface area (Å²) in [5.74, 6) is 4.38. The summed E-state index contributed by atoms with van der Waals surface area (Å²) in [7, 11) is 1.26. The summed E-state index contributed by atoms with van der Waals surface area (Å²) < 4.78 is 4.53. The Morgan fingerprint density at radius 1 is 1.44 bits per heavy atom. The number of hydrogen-bond acceptors (Lipinski definition) is 4. The summed E-state index contributed by atoms with van der Waals surface area (Å²) >= 11 is 5.81. The quantitative estimate of drug-likeness (QED) is 0.314. The number of carbonyl (C=O) groups excluding carboxylic acids is 2. The van der Waals surface area contributed by atoms with Crippen LogP contribution < -0.4 is 16.6 Å². The van der Waals surface area contributed by atoms with Crippen LogP contribution >= 0.6 is 11.6 Å². The van der Waals surface area contributed by atoms with E-state index >= 15 is 0 Å². The minimum Gasteiger partial charge on any atom is -0.465 e. The Kier molecular flexibility index (Phi) is 4.10. The van der Waals surface area contributed by atoms with Gasteiger partial charge in [0.15, 0.2) is 0 Å². The zero-order chi connectivity index (χ0) is 12.1. The van der Waals surface area contributed by atoms with E-state index in [1.165, 1.54) is 25.3 Å². The Hall–Kier alpha value is -1.79. The molecule has 7 heteroatoms. The average Bonchev–Trinajstić information content (AvgIpc) is 2.30. The van der Waals surface area contributed by atoms with Gasteiger partial charge in [0, 0.05) is 0 Å². The van der Waals surface area contributed by atoms with Crippen molar-refractivity contribution in [2.75, 3.05) is 12.4 Å². The Morgan fingerprint density at radius 3 is 2.69 bits per heavy atom. The van der Waals surface area contributed by atoms with Crippen molar-refractivity contribution >= 4 is 29.3 Å². The number of benzene rings is 1.